The molecule has 0 spiro atoms. The summed E-state index contributed by atoms with van der Waals surface area (Å²) in [5.41, 5.74) is 1.61. The van der Waals surface area contributed by atoms with Gasteiger partial charge in [-0.25, -0.2) is 9.69 Å². The fourth-order valence-corrected chi connectivity index (χ4v) is 3.47. The fraction of sp³-hybridized carbons (Fsp3) is 0.0417. The van der Waals surface area contributed by atoms with Gasteiger partial charge in [-0.05, 0) is 53.6 Å². The van der Waals surface area contributed by atoms with Crippen molar-refractivity contribution in [2.45, 2.75) is 6.61 Å². The normalized spacial score (nSPS) is 15.1. The van der Waals surface area contributed by atoms with Crippen LogP contribution >= 0.6 is 23.2 Å². The zero-order valence-corrected chi connectivity index (χ0v) is 18.1. The molecule has 8 heteroatoms. The minimum absolute atomic E-state index is 0.181. The Morgan fingerprint density at radius 2 is 1.62 bits per heavy atom. The first-order chi connectivity index (χ1) is 15.4. The third-order valence-corrected chi connectivity index (χ3v) is 5.24. The van der Waals surface area contributed by atoms with Crippen molar-refractivity contribution >= 4 is 52.8 Å². The summed E-state index contributed by atoms with van der Waals surface area (Å²) >= 11 is 12.2. The van der Waals surface area contributed by atoms with Crippen LogP contribution < -0.4 is 15.0 Å². The van der Waals surface area contributed by atoms with Gasteiger partial charge in [-0.3, -0.25) is 14.9 Å². The summed E-state index contributed by atoms with van der Waals surface area (Å²) in [4.78, 5) is 38.3. The zero-order chi connectivity index (χ0) is 22.7. The number of rotatable bonds is 5. The van der Waals surface area contributed by atoms with Gasteiger partial charge in [-0.2, -0.15) is 0 Å². The van der Waals surface area contributed by atoms with Crippen LogP contribution in [-0.4, -0.2) is 17.8 Å². The van der Waals surface area contributed by atoms with Gasteiger partial charge < -0.3 is 4.74 Å². The molecule has 0 radical (unpaired) electrons. The van der Waals surface area contributed by atoms with Crippen molar-refractivity contribution in [2.75, 3.05) is 4.90 Å². The Bertz CT molecular complexity index is 1220. The van der Waals surface area contributed by atoms with E-state index in [2.05, 4.69) is 5.32 Å². The molecule has 1 aliphatic heterocycles. The standard InChI is InChI=1S/C24H16Cl2N2O4/c25-17-9-6-15(7-10-17)14-32-21-11-8-16(13-20(21)26)12-19-22(29)27-24(31)28(23(19)30)18-4-2-1-3-5-18/h1-13H,14H2,(H,27,29,31)/b19-12+. The number of imide groups is 2. The highest BCUT2D eigenvalue weighted by Gasteiger charge is 2.36. The average Bonchev–Trinajstić information content (AvgIpc) is 2.78. The number of benzene rings is 3. The molecule has 1 N–H and O–H groups in total. The summed E-state index contributed by atoms with van der Waals surface area (Å²) in [5.74, 6) is -1.04. The molecule has 32 heavy (non-hydrogen) atoms. The molecule has 4 amide bonds. The summed E-state index contributed by atoms with van der Waals surface area (Å²) in [6.07, 6.45) is 1.38. The number of ether oxygens (including phenoxy) is 1. The van der Waals surface area contributed by atoms with Crippen molar-refractivity contribution in [1.82, 2.24) is 5.32 Å². The summed E-state index contributed by atoms with van der Waals surface area (Å²) in [6.45, 7) is 0.298. The van der Waals surface area contributed by atoms with Crippen LogP contribution in [0.15, 0.2) is 78.4 Å². The highest BCUT2D eigenvalue weighted by molar-refractivity contribution is 6.39. The maximum absolute atomic E-state index is 12.9. The van der Waals surface area contributed by atoms with Crippen LogP contribution in [0.2, 0.25) is 10.0 Å². The quantitative estimate of drug-likeness (QED) is 0.412. The maximum Gasteiger partial charge on any atom is 0.335 e. The molecule has 3 aromatic rings. The van der Waals surface area contributed by atoms with Crippen molar-refractivity contribution in [3.8, 4) is 5.75 Å². The molecule has 1 saturated heterocycles. The molecule has 1 aliphatic rings. The number of hydrogen-bond donors (Lipinski definition) is 1. The molecule has 0 saturated carbocycles. The highest BCUT2D eigenvalue weighted by Crippen LogP contribution is 2.28. The number of carbonyl (C=O) groups is 3. The third kappa shape index (κ3) is 4.66. The molecule has 160 valence electrons. The van der Waals surface area contributed by atoms with Crippen molar-refractivity contribution in [3.05, 3.63) is 99.5 Å². The Balaban J connectivity index is 1.55. The summed E-state index contributed by atoms with van der Waals surface area (Å²) in [5, 5.41) is 3.14. The van der Waals surface area contributed by atoms with Gasteiger partial charge in [0.1, 0.15) is 17.9 Å². The number of para-hydroxylation sites is 1. The lowest BCUT2D eigenvalue weighted by atomic mass is 10.1. The number of halogens is 2. The van der Waals surface area contributed by atoms with Crippen LogP contribution in [-0.2, 0) is 16.2 Å². The summed E-state index contributed by atoms with van der Waals surface area (Å²) < 4.78 is 5.74. The SMILES string of the molecule is O=C1NC(=O)N(c2ccccc2)C(=O)/C1=C/c1ccc(OCc2ccc(Cl)cc2)c(Cl)c1. The van der Waals surface area contributed by atoms with Gasteiger partial charge in [0, 0.05) is 5.02 Å². The second-order valence-corrected chi connectivity index (χ2v) is 7.74. The van der Waals surface area contributed by atoms with E-state index in [1.54, 1.807) is 60.7 Å². The Labute approximate surface area is 194 Å². The lowest BCUT2D eigenvalue weighted by Gasteiger charge is -2.26. The van der Waals surface area contributed by atoms with Gasteiger partial charge >= 0.3 is 6.03 Å². The van der Waals surface area contributed by atoms with Crippen molar-refractivity contribution in [3.63, 3.8) is 0 Å². The van der Waals surface area contributed by atoms with E-state index in [0.29, 0.717) is 33.7 Å². The molecule has 0 bridgehead atoms. The highest BCUT2D eigenvalue weighted by atomic mass is 35.5. The molecule has 0 unspecified atom stereocenters. The lowest BCUT2D eigenvalue weighted by Crippen LogP contribution is -2.54. The fourth-order valence-electron chi connectivity index (χ4n) is 3.10. The molecular weight excluding hydrogens is 451 g/mol. The minimum atomic E-state index is -0.799. The molecule has 6 nitrogen and oxygen atoms in total. The number of amides is 4. The second kappa shape index (κ2) is 9.26. The van der Waals surface area contributed by atoms with Crippen LogP contribution in [0.3, 0.4) is 0 Å². The number of hydrogen-bond acceptors (Lipinski definition) is 4. The predicted octanol–water partition coefficient (Wildman–Crippen LogP) is 5.24. The van der Waals surface area contributed by atoms with Gasteiger partial charge in [0.2, 0.25) is 0 Å². The third-order valence-electron chi connectivity index (χ3n) is 4.69. The van der Waals surface area contributed by atoms with Crippen LogP contribution in [0, 0.1) is 0 Å². The molecule has 1 fully saturated rings. The van der Waals surface area contributed by atoms with Crippen molar-refractivity contribution in [1.29, 1.82) is 0 Å². The van der Waals surface area contributed by atoms with Gasteiger partial charge in [0.05, 0.1) is 10.7 Å². The lowest BCUT2D eigenvalue weighted by molar-refractivity contribution is -0.122. The number of nitrogens with one attached hydrogen (secondary N) is 1. The van der Waals surface area contributed by atoms with E-state index >= 15 is 0 Å². The largest absolute Gasteiger partial charge is 0.487 e. The van der Waals surface area contributed by atoms with E-state index in [-0.39, 0.29) is 5.57 Å². The van der Waals surface area contributed by atoms with Gasteiger partial charge in [0.25, 0.3) is 11.8 Å². The Morgan fingerprint density at radius 3 is 2.31 bits per heavy atom. The van der Waals surface area contributed by atoms with E-state index in [1.165, 1.54) is 6.08 Å². The number of carbonyl (C=O) groups excluding carboxylic acids is 3. The van der Waals surface area contributed by atoms with E-state index < -0.39 is 17.8 Å². The van der Waals surface area contributed by atoms with E-state index in [9.17, 15) is 14.4 Å². The number of nitrogens with zero attached hydrogens (tertiary/aromatic N) is 1. The monoisotopic (exact) mass is 466 g/mol. The minimum Gasteiger partial charge on any atom is -0.487 e. The number of urea groups is 1. The first-order valence-electron chi connectivity index (χ1n) is 9.55. The maximum atomic E-state index is 12.9. The molecule has 0 aliphatic carbocycles. The molecular formula is C24H16Cl2N2O4. The number of barbiturate groups is 1. The Hall–Kier alpha value is -3.61. The molecule has 4 rings (SSSR count). The Kier molecular flexibility index (Phi) is 6.25. The van der Waals surface area contributed by atoms with Crippen LogP contribution in [0.1, 0.15) is 11.1 Å². The molecule has 0 aromatic heterocycles. The first kappa shape index (κ1) is 21.6. The van der Waals surface area contributed by atoms with E-state index in [4.69, 9.17) is 27.9 Å². The van der Waals surface area contributed by atoms with Crippen LogP contribution in [0.25, 0.3) is 6.08 Å². The Morgan fingerprint density at radius 1 is 0.906 bits per heavy atom. The van der Waals surface area contributed by atoms with Gasteiger partial charge in [-0.1, -0.05) is 59.6 Å². The second-order valence-electron chi connectivity index (χ2n) is 6.90. The van der Waals surface area contributed by atoms with E-state index in [0.717, 1.165) is 10.5 Å². The summed E-state index contributed by atoms with van der Waals surface area (Å²) in [6, 6.07) is 19.7. The molecule has 3 aromatic carbocycles. The summed E-state index contributed by atoms with van der Waals surface area (Å²) in [7, 11) is 0. The van der Waals surface area contributed by atoms with Gasteiger partial charge in [0.15, 0.2) is 0 Å². The number of anilines is 1. The zero-order valence-electron chi connectivity index (χ0n) is 16.5. The van der Waals surface area contributed by atoms with Crippen molar-refractivity contribution < 1.29 is 19.1 Å². The predicted molar refractivity (Wildman–Crippen MR) is 123 cm³/mol. The van der Waals surface area contributed by atoms with Crippen molar-refractivity contribution in [2.24, 2.45) is 0 Å². The smallest absolute Gasteiger partial charge is 0.335 e. The van der Waals surface area contributed by atoms with Crippen LogP contribution in [0.5, 0.6) is 5.75 Å². The van der Waals surface area contributed by atoms with E-state index in [1.807, 2.05) is 12.1 Å². The topological polar surface area (TPSA) is 75.7 Å². The molecule has 1 heterocycles. The average molecular weight is 467 g/mol. The molecule has 0 atom stereocenters. The van der Waals surface area contributed by atoms with Gasteiger partial charge in [-0.15, -0.1) is 0 Å². The van der Waals surface area contributed by atoms with Crippen LogP contribution in [0.4, 0.5) is 10.5 Å². The first-order valence-corrected chi connectivity index (χ1v) is 10.3.